The molecule has 0 saturated heterocycles. The minimum Gasteiger partial charge on any atom is -0.493 e. The van der Waals surface area contributed by atoms with E-state index in [4.69, 9.17) is 18.9 Å². The summed E-state index contributed by atoms with van der Waals surface area (Å²) in [5.74, 6) is 0.760. The van der Waals surface area contributed by atoms with Gasteiger partial charge in [0.15, 0.2) is 17.3 Å². The highest BCUT2D eigenvalue weighted by atomic mass is 16.7. The van der Waals surface area contributed by atoms with Crippen LogP contribution in [-0.2, 0) is 22.5 Å². The van der Waals surface area contributed by atoms with Crippen molar-refractivity contribution in [3.63, 3.8) is 0 Å². The van der Waals surface area contributed by atoms with E-state index in [0.717, 1.165) is 11.1 Å². The summed E-state index contributed by atoms with van der Waals surface area (Å²) >= 11 is 0. The molecule has 0 aromatic heterocycles. The van der Waals surface area contributed by atoms with Crippen molar-refractivity contribution < 1.29 is 18.9 Å². The molecule has 0 bridgehead atoms. The van der Waals surface area contributed by atoms with Gasteiger partial charge in [0.05, 0.1) is 7.11 Å². The lowest BCUT2D eigenvalue weighted by Crippen LogP contribution is -2.32. The van der Waals surface area contributed by atoms with Crippen LogP contribution in [0.1, 0.15) is 18.1 Å². The van der Waals surface area contributed by atoms with Crippen LogP contribution in [0.15, 0.2) is 48.5 Å². The van der Waals surface area contributed by atoms with Gasteiger partial charge in [0, 0.05) is 20.6 Å². The molecule has 2 aromatic rings. The molecule has 23 heavy (non-hydrogen) atoms. The number of rotatable bonds is 8. The number of methoxy groups -OCH3 is 3. The summed E-state index contributed by atoms with van der Waals surface area (Å²) in [4.78, 5) is 0. The Morgan fingerprint density at radius 2 is 1.52 bits per heavy atom. The molecule has 0 spiro atoms. The summed E-state index contributed by atoms with van der Waals surface area (Å²) in [6, 6.07) is 15.9. The van der Waals surface area contributed by atoms with E-state index in [9.17, 15) is 0 Å². The summed E-state index contributed by atoms with van der Waals surface area (Å²) in [6.07, 6.45) is 0.617. The number of hydrogen-bond acceptors (Lipinski definition) is 4. The van der Waals surface area contributed by atoms with Crippen LogP contribution >= 0.6 is 0 Å². The molecule has 0 heterocycles. The molecule has 124 valence electrons. The first kappa shape index (κ1) is 17.3. The van der Waals surface area contributed by atoms with Crippen LogP contribution in [0.2, 0.25) is 0 Å². The lowest BCUT2D eigenvalue weighted by atomic mass is 10.1. The molecule has 0 N–H and O–H groups in total. The molecular formula is C19H24O4. The Balaban J connectivity index is 2.15. The Labute approximate surface area is 137 Å². The zero-order valence-electron chi connectivity index (χ0n) is 14.2. The van der Waals surface area contributed by atoms with Gasteiger partial charge >= 0.3 is 0 Å². The maximum absolute atomic E-state index is 5.93. The predicted octanol–water partition coefficient (Wildman–Crippen LogP) is 3.83. The Morgan fingerprint density at radius 1 is 0.826 bits per heavy atom. The molecule has 4 nitrogen and oxygen atoms in total. The molecule has 0 aliphatic rings. The normalized spacial score (nSPS) is 11.3. The molecule has 0 atom stereocenters. The largest absolute Gasteiger partial charge is 0.493 e. The van der Waals surface area contributed by atoms with Gasteiger partial charge in [-0.2, -0.15) is 0 Å². The summed E-state index contributed by atoms with van der Waals surface area (Å²) in [7, 11) is 4.92. The fourth-order valence-corrected chi connectivity index (χ4v) is 2.28. The van der Waals surface area contributed by atoms with Crippen molar-refractivity contribution in [3.05, 3.63) is 59.7 Å². The number of benzene rings is 2. The van der Waals surface area contributed by atoms with Crippen LogP contribution in [0.3, 0.4) is 0 Å². The van der Waals surface area contributed by atoms with Crippen LogP contribution in [0, 0.1) is 0 Å². The second kappa shape index (κ2) is 7.99. The quantitative estimate of drug-likeness (QED) is 0.694. The fraction of sp³-hybridized carbons (Fsp3) is 0.368. The average Bonchev–Trinajstić information content (AvgIpc) is 2.61. The molecule has 0 fully saturated rings. The van der Waals surface area contributed by atoms with Gasteiger partial charge in [-0.15, -0.1) is 0 Å². The van der Waals surface area contributed by atoms with Crippen LogP contribution < -0.4 is 9.47 Å². The second-order valence-electron chi connectivity index (χ2n) is 5.48. The molecule has 0 unspecified atom stereocenters. The first-order valence-electron chi connectivity index (χ1n) is 7.54. The minimum atomic E-state index is -0.661. The van der Waals surface area contributed by atoms with Crippen LogP contribution in [-0.4, -0.2) is 27.1 Å². The summed E-state index contributed by atoms with van der Waals surface area (Å²) in [6.45, 7) is 2.40. The lowest BCUT2D eigenvalue weighted by molar-refractivity contribution is -0.191. The van der Waals surface area contributed by atoms with E-state index in [0.29, 0.717) is 24.5 Å². The Hall–Kier alpha value is -2.04. The smallest absolute Gasteiger partial charge is 0.168 e. The zero-order valence-corrected chi connectivity index (χ0v) is 14.2. The van der Waals surface area contributed by atoms with E-state index in [1.807, 2.05) is 55.5 Å². The lowest BCUT2D eigenvalue weighted by Gasteiger charge is -2.26. The monoisotopic (exact) mass is 316 g/mol. The van der Waals surface area contributed by atoms with E-state index >= 15 is 0 Å². The third kappa shape index (κ3) is 4.71. The molecular weight excluding hydrogens is 292 g/mol. The van der Waals surface area contributed by atoms with Crippen molar-refractivity contribution >= 4 is 0 Å². The van der Waals surface area contributed by atoms with E-state index in [2.05, 4.69) is 0 Å². The molecule has 0 amide bonds. The van der Waals surface area contributed by atoms with Gasteiger partial charge in [0.2, 0.25) is 0 Å². The average molecular weight is 316 g/mol. The van der Waals surface area contributed by atoms with Gasteiger partial charge < -0.3 is 18.9 Å². The van der Waals surface area contributed by atoms with E-state index in [-0.39, 0.29) is 0 Å². The summed E-state index contributed by atoms with van der Waals surface area (Å²) in [5.41, 5.74) is 2.17. The van der Waals surface area contributed by atoms with Crippen LogP contribution in [0.25, 0.3) is 0 Å². The molecule has 0 radical (unpaired) electrons. The van der Waals surface area contributed by atoms with Gasteiger partial charge in [-0.25, -0.2) is 0 Å². The van der Waals surface area contributed by atoms with Crippen molar-refractivity contribution in [2.75, 3.05) is 21.3 Å². The second-order valence-corrected chi connectivity index (χ2v) is 5.48. The van der Waals surface area contributed by atoms with Crippen molar-refractivity contribution in [3.8, 4) is 11.5 Å². The van der Waals surface area contributed by atoms with Crippen molar-refractivity contribution in [1.82, 2.24) is 0 Å². The maximum atomic E-state index is 5.93. The molecule has 2 aromatic carbocycles. The summed E-state index contributed by atoms with van der Waals surface area (Å²) in [5, 5.41) is 0. The van der Waals surface area contributed by atoms with Crippen molar-refractivity contribution in [1.29, 1.82) is 0 Å². The highest BCUT2D eigenvalue weighted by molar-refractivity contribution is 5.43. The van der Waals surface area contributed by atoms with E-state index in [1.54, 1.807) is 21.3 Å². The number of hydrogen-bond donors (Lipinski definition) is 0. The zero-order chi connectivity index (χ0) is 16.7. The first-order valence-corrected chi connectivity index (χ1v) is 7.54. The van der Waals surface area contributed by atoms with Crippen LogP contribution in [0.4, 0.5) is 0 Å². The van der Waals surface area contributed by atoms with Gasteiger partial charge in [0.1, 0.15) is 6.61 Å². The van der Waals surface area contributed by atoms with Gasteiger partial charge in [-0.3, -0.25) is 0 Å². The molecule has 0 saturated carbocycles. The topological polar surface area (TPSA) is 36.9 Å². The Morgan fingerprint density at radius 3 is 2.13 bits per heavy atom. The van der Waals surface area contributed by atoms with Gasteiger partial charge in [0.25, 0.3) is 0 Å². The number of ether oxygens (including phenoxy) is 4. The standard InChI is InChI=1S/C19H24O4/c1-19(21-3,22-4)13-16-10-11-17(20-2)18(12-16)23-14-15-8-6-5-7-9-15/h5-12H,13-14H2,1-4H3. The van der Waals surface area contributed by atoms with Crippen molar-refractivity contribution in [2.24, 2.45) is 0 Å². The van der Waals surface area contributed by atoms with Crippen LogP contribution in [0.5, 0.6) is 11.5 Å². The Kier molecular flexibility index (Phi) is 6.02. The van der Waals surface area contributed by atoms with Gasteiger partial charge in [-0.05, 0) is 30.2 Å². The van der Waals surface area contributed by atoms with E-state index in [1.165, 1.54) is 0 Å². The third-order valence-electron chi connectivity index (χ3n) is 3.85. The highest BCUT2D eigenvalue weighted by Gasteiger charge is 2.23. The SMILES string of the molecule is COc1ccc(CC(C)(OC)OC)cc1OCc1ccccc1. The molecule has 0 aliphatic heterocycles. The predicted molar refractivity (Wildman–Crippen MR) is 89.9 cm³/mol. The Bertz CT molecular complexity index is 606. The third-order valence-corrected chi connectivity index (χ3v) is 3.85. The highest BCUT2D eigenvalue weighted by Crippen LogP contribution is 2.30. The molecule has 4 heteroatoms. The maximum Gasteiger partial charge on any atom is 0.168 e. The molecule has 2 rings (SSSR count). The first-order chi connectivity index (χ1) is 11.1. The summed E-state index contributed by atoms with van der Waals surface area (Å²) < 4.78 is 22.2. The van der Waals surface area contributed by atoms with E-state index < -0.39 is 5.79 Å². The fourth-order valence-electron chi connectivity index (χ4n) is 2.28. The minimum absolute atomic E-state index is 0.493. The van der Waals surface area contributed by atoms with Crippen molar-refractivity contribution in [2.45, 2.75) is 25.7 Å². The van der Waals surface area contributed by atoms with Gasteiger partial charge in [-0.1, -0.05) is 36.4 Å². The molecule has 0 aliphatic carbocycles.